The molecule has 3 rings (SSSR count). The van der Waals surface area contributed by atoms with Crippen LogP contribution in [0.1, 0.15) is 42.9 Å². The van der Waals surface area contributed by atoms with Crippen molar-refractivity contribution in [1.29, 1.82) is 0 Å². The number of amidine groups is 1. The molecule has 0 saturated heterocycles. The van der Waals surface area contributed by atoms with Crippen LogP contribution in [0.15, 0.2) is 29.3 Å². The molecule has 1 saturated carbocycles. The summed E-state index contributed by atoms with van der Waals surface area (Å²) in [5, 5.41) is 15.5. The molecule has 2 aliphatic rings. The van der Waals surface area contributed by atoms with Gasteiger partial charge in [0.1, 0.15) is 0 Å². The van der Waals surface area contributed by atoms with Gasteiger partial charge in [-0.1, -0.05) is 43.2 Å². The molecule has 112 valence electrons. The van der Waals surface area contributed by atoms with Crippen LogP contribution in [-0.2, 0) is 0 Å². The molecule has 21 heavy (non-hydrogen) atoms. The first-order valence-corrected chi connectivity index (χ1v) is 8.32. The molecule has 1 atom stereocenters. The Hall–Kier alpha value is -1.56. The van der Waals surface area contributed by atoms with Crippen LogP contribution in [-0.4, -0.2) is 22.7 Å². The summed E-state index contributed by atoms with van der Waals surface area (Å²) >= 11 is 1.74. The van der Waals surface area contributed by atoms with E-state index in [0.29, 0.717) is 6.04 Å². The Morgan fingerprint density at radius 3 is 2.57 bits per heavy atom. The number of rotatable bonds is 3. The normalized spacial score (nSPS) is 22.9. The van der Waals surface area contributed by atoms with E-state index in [1.807, 2.05) is 12.1 Å². The van der Waals surface area contributed by atoms with Crippen LogP contribution >= 0.6 is 11.8 Å². The van der Waals surface area contributed by atoms with Gasteiger partial charge in [-0.25, -0.2) is 0 Å². The van der Waals surface area contributed by atoms with Crippen LogP contribution in [0.5, 0.6) is 0 Å². The molecule has 1 aromatic rings. The summed E-state index contributed by atoms with van der Waals surface area (Å²) in [5.41, 5.74) is 1.25. The number of nitrogens with one attached hydrogen (secondary N) is 1. The van der Waals surface area contributed by atoms with Crippen molar-refractivity contribution >= 4 is 22.6 Å². The number of thioether (sulfide) groups is 1. The molecule has 1 aromatic carbocycles. The van der Waals surface area contributed by atoms with Crippen molar-refractivity contribution in [1.82, 2.24) is 5.32 Å². The molecule has 0 radical (unpaired) electrons. The summed E-state index contributed by atoms with van der Waals surface area (Å²) in [5.74, 6) is 0. The lowest BCUT2D eigenvalue weighted by Crippen LogP contribution is -2.33. The Kier molecular flexibility index (Phi) is 4.43. The largest absolute Gasteiger partial charge is 0.362 e. The second kappa shape index (κ2) is 6.47. The minimum Gasteiger partial charge on any atom is -0.362 e. The number of aliphatic imine (C=N–C) groups is 1. The fraction of sp³-hybridized carbons (Fsp3) is 0.533. The number of nitro groups is 1. The number of hydrogen-bond donors (Lipinski definition) is 1. The Balaban J connectivity index is 1.56. The first-order valence-electron chi connectivity index (χ1n) is 7.44. The lowest BCUT2D eigenvalue weighted by Gasteiger charge is -2.23. The molecule has 0 amide bonds. The molecular formula is C15H19N3O2S. The fourth-order valence-corrected chi connectivity index (χ4v) is 3.96. The van der Waals surface area contributed by atoms with E-state index < -0.39 is 0 Å². The maximum Gasteiger partial charge on any atom is 0.269 e. The molecule has 1 aliphatic carbocycles. The van der Waals surface area contributed by atoms with Gasteiger partial charge in [-0.15, -0.1) is 0 Å². The highest BCUT2D eigenvalue weighted by atomic mass is 32.2. The van der Waals surface area contributed by atoms with Gasteiger partial charge in [-0.05, 0) is 18.4 Å². The van der Waals surface area contributed by atoms with Crippen molar-refractivity contribution in [3.8, 4) is 0 Å². The fourth-order valence-electron chi connectivity index (χ4n) is 2.86. The maximum atomic E-state index is 10.7. The Morgan fingerprint density at radius 2 is 1.90 bits per heavy atom. The third-order valence-corrected chi connectivity index (χ3v) is 5.24. The molecule has 1 heterocycles. The van der Waals surface area contributed by atoms with Crippen LogP contribution in [0, 0.1) is 10.1 Å². The van der Waals surface area contributed by atoms with Gasteiger partial charge in [0.2, 0.25) is 0 Å². The molecule has 0 unspecified atom stereocenters. The van der Waals surface area contributed by atoms with Gasteiger partial charge in [0.25, 0.3) is 5.69 Å². The molecule has 6 heteroatoms. The minimum atomic E-state index is -0.363. The van der Waals surface area contributed by atoms with Crippen LogP contribution in [0.4, 0.5) is 5.69 Å². The van der Waals surface area contributed by atoms with Gasteiger partial charge < -0.3 is 5.32 Å². The topological polar surface area (TPSA) is 67.5 Å². The van der Waals surface area contributed by atoms with Crippen molar-refractivity contribution in [3.63, 3.8) is 0 Å². The average Bonchev–Trinajstić information content (AvgIpc) is 2.97. The van der Waals surface area contributed by atoms with E-state index >= 15 is 0 Å². The number of hydrogen-bond acceptors (Lipinski definition) is 5. The molecule has 0 spiro atoms. The summed E-state index contributed by atoms with van der Waals surface area (Å²) in [6, 6.07) is 7.40. The summed E-state index contributed by atoms with van der Waals surface area (Å²) in [7, 11) is 0. The van der Waals surface area contributed by atoms with E-state index in [1.54, 1.807) is 23.9 Å². The zero-order chi connectivity index (χ0) is 14.7. The van der Waals surface area contributed by atoms with E-state index in [1.165, 1.54) is 32.1 Å². The van der Waals surface area contributed by atoms with Crippen LogP contribution in [0.3, 0.4) is 0 Å². The Bertz CT molecular complexity index is 538. The zero-order valence-corrected chi connectivity index (χ0v) is 12.6. The molecule has 1 fully saturated rings. The number of nitro benzene ring substituents is 1. The molecule has 1 aliphatic heterocycles. The van der Waals surface area contributed by atoms with Crippen molar-refractivity contribution < 1.29 is 4.92 Å². The van der Waals surface area contributed by atoms with Gasteiger partial charge in [0, 0.05) is 18.2 Å². The average molecular weight is 305 g/mol. The van der Waals surface area contributed by atoms with Gasteiger partial charge in [-0.3, -0.25) is 15.1 Å². The SMILES string of the molecule is O=[N+]([O-])c1ccc([C@H]2CN=C(NC3CCCCC3)S2)cc1. The van der Waals surface area contributed by atoms with Crippen molar-refractivity contribution in [3.05, 3.63) is 39.9 Å². The Morgan fingerprint density at radius 1 is 1.19 bits per heavy atom. The second-order valence-corrected chi connectivity index (χ2v) is 6.77. The lowest BCUT2D eigenvalue weighted by atomic mass is 9.96. The highest BCUT2D eigenvalue weighted by Gasteiger charge is 2.24. The van der Waals surface area contributed by atoms with E-state index in [2.05, 4.69) is 10.3 Å². The third-order valence-electron chi connectivity index (χ3n) is 4.06. The summed E-state index contributed by atoms with van der Waals surface area (Å²) in [6.45, 7) is 0.748. The lowest BCUT2D eigenvalue weighted by molar-refractivity contribution is -0.384. The quantitative estimate of drug-likeness (QED) is 0.683. The van der Waals surface area contributed by atoms with Crippen LogP contribution in [0.25, 0.3) is 0 Å². The molecule has 0 bridgehead atoms. The second-order valence-electron chi connectivity index (χ2n) is 5.58. The number of non-ortho nitro benzene ring substituents is 1. The van der Waals surface area contributed by atoms with Crippen LogP contribution in [0.2, 0.25) is 0 Å². The monoisotopic (exact) mass is 305 g/mol. The third kappa shape index (κ3) is 3.56. The Labute approximate surface area is 128 Å². The maximum absolute atomic E-state index is 10.7. The minimum absolute atomic E-state index is 0.142. The van der Waals surface area contributed by atoms with Crippen LogP contribution < -0.4 is 5.32 Å². The van der Waals surface area contributed by atoms with Gasteiger partial charge >= 0.3 is 0 Å². The first-order chi connectivity index (χ1) is 10.2. The molecule has 0 aromatic heterocycles. The molecular weight excluding hydrogens is 286 g/mol. The van der Waals surface area contributed by atoms with E-state index in [0.717, 1.165) is 17.3 Å². The number of nitrogens with zero attached hydrogens (tertiary/aromatic N) is 2. The van der Waals surface area contributed by atoms with E-state index in [4.69, 9.17) is 0 Å². The van der Waals surface area contributed by atoms with Crippen molar-refractivity contribution in [2.45, 2.75) is 43.4 Å². The van der Waals surface area contributed by atoms with Gasteiger partial charge in [0.05, 0.1) is 16.7 Å². The predicted octanol–water partition coefficient (Wildman–Crippen LogP) is 3.66. The standard InChI is InChI=1S/C15H19N3O2S/c19-18(20)13-8-6-11(7-9-13)14-10-16-15(21-14)17-12-4-2-1-3-5-12/h6-9,12,14H,1-5,10H2,(H,16,17)/t14-/m1/s1. The highest BCUT2D eigenvalue weighted by molar-refractivity contribution is 8.14. The highest BCUT2D eigenvalue weighted by Crippen LogP contribution is 2.35. The van der Waals surface area contributed by atoms with Crippen molar-refractivity contribution in [2.75, 3.05) is 6.54 Å². The zero-order valence-electron chi connectivity index (χ0n) is 11.8. The molecule has 5 nitrogen and oxygen atoms in total. The summed E-state index contributed by atoms with van der Waals surface area (Å²) in [6.07, 6.45) is 6.44. The van der Waals surface area contributed by atoms with E-state index in [9.17, 15) is 10.1 Å². The predicted molar refractivity (Wildman–Crippen MR) is 85.7 cm³/mol. The summed E-state index contributed by atoms with van der Waals surface area (Å²) < 4.78 is 0. The van der Waals surface area contributed by atoms with E-state index in [-0.39, 0.29) is 15.9 Å². The smallest absolute Gasteiger partial charge is 0.269 e. The molecule has 1 N–H and O–H groups in total. The first kappa shape index (κ1) is 14.4. The number of benzene rings is 1. The van der Waals surface area contributed by atoms with Crippen molar-refractivity contribution in [2.24, 2.45) is 4.99 Å². The van der Waals surface area contributed by atoms with Gasteiger partial charge in [-0.2, -0.15) is 0 Å². The summed E-state index contributed by atoms with van der Waals surface area (Å²) in [4.78, 5) is 14.9. The van der Waals surface area contributed by atoms with Gasteiger partial charge in [0.15, 0.2) is 5.17 Å².